The van der Waals surface area contributed by atoms with E-state index in [4.69, 9.17) is 0 Å². The average molecular weight is 530 g/mol. The van der Waals surface area contributed by atoms with Crippen molar-refractivity contribution in [2.24, 2.45) is 0 Å². The molecule has 0 unspecified atom stereocenters. The van der Waals surface area contributed by atoms with Crippen LogP contribution in [0.2, 0.25) is 0 Å². The van der Waals surface area contributed by atoms with Crippen LogP contribution in [0.5, 0.6) is 0 Å². The topological polar surface area (TPSA) is 76.4 Å². The number of halogens is 2. The summed E-state index contributed by atoms with van der Waals surface area (Å²) in [5.41, 5.74) is 0. The Labute approximate surface area is 158 Å². The van der Waals surface area contributed by atoms with Gasteiger partial charge >= 0.3 is 6.03 Å². The molecule has 2 aliphatic heterocycles. The van der Waals surface area contributed by atoms with Crippen LogP contribution in [-0.4, -0.2) is 48.0 Å². The van der Waals surface area contributed by atoms with Crippen LogP contribution in [-0.2, 0) is 4.79 Å². The molecular weight excluding hydrogens is 510 g/mol. The Bertz CT molecular complexity index is 521. The van der Waals surface area contributed by atoms with Gasteiger partial charge in [-0.1, -0.05) is 0 Å². The Morgan fingerprint density at radius 2 is 1.77 bits per heavy atom. The van der Waals surface area contributed by atoms with E-state index >= 15 is 0 Å². The minimum Gasteiger partial charge on any atom is -0.336 e. The fourth-order valence-corrected chi connectivity index (χ4v) is 4.94. The summed E-state index contributed by atoms with van der Waals surface area (Å²) in [6, 6.07) is 2.08. The first-order valence-electron chi connectivity index (χ1n) is 7.44. The smallest absolute Gasteiger partial charge is 0.319 e. The molecule has 22 heavy (non-hydrogen) atoms. The summed E-state index contributed by atoms with van der Waals surface area (Å²) in [6.07, 6.45) is 2.94. The van der Waals surface area contributed by atoms with Gasteiger partial charge in [0, 0.05) is 19.1 Å². The molecule has 2 atom stereocenters. The maximum absolute atomic E-state index is 13.1. The zero-order chi connectivity index (χ0) is 16.5. The third-order valence-corrected chi connectivity index (χ3v) is 6.98. The lowest BCUT2D eigenvalue weighted by atomic mass is 10.1. The average Bonchev–Trinajstić information content (AvgIpc) is 3.02. The molecule has 0 saturated carbocycles. The van der Waals surface area contributed by atoms with Crippen molar-refractivity contribution in [1.29, 1.82) is 5.26 Å². The van der Waals surface area contributed by atoms with Gasteiger partial charge in [0.05, 0.1) is 0 Å². The molecule has 0 spiro atoms. The van der Waals surface area contributed by atoms with E-state index < -0.39 is 7.09 Å². The van der Waals surface area contributed by atoms with Gasteiger partial charge in [0.25, 0.3) is 5.91 Å². The van der Waals surface area contributed by atoms with Gasteiger partial charge in [0.1, 0.15) is 6.07 Å². The molecule has 8 heteroatoms. The lowest BCUT2D eigenvalue weighted by Gasteiger charge is -2.38. The number of hydrogen-bond donors (Lipinski definition) is 1. The monoisotopic (exact) mass is 530 g/mol. The second-order valence-corrected chi connectivity index (χ2v) is 9.62. The van der Waals surface area contributed by atoms with E-state index in [-0.39, 0.29) is 18.0 Å². The van der Waals surface area contributed by atoms with Crippen molar-refractivity contribution in [1.82, 2.24) is 15.1 Å². The van der Waals surface area contributed by atoms with Gasteiger partial charge in [-0.05, 0) is 84.7 Å². The highest BCUT2D eigenvalue weighted by atomic mass is 127. The molecule has 2 heterocycles. The maximum atomic E-state index is 13.1. The van der Waals surface area contributed by atoms with E-state index in [1.165, 1.54) is 0 Å². The van der Waals surface area contributed by atoms with E-state index in [0.717, 1.165) is 12.8 Å². The predicted octanol–water partition coefficient (Wildman–Crippen LogP) is 2.61. The summed E-state index contributed by atoms with van der Waals surface area (Å²) in [5, 5.41) is 12.3. The van der Waals surface area contributed by atoms with Crippen LogP contribution in [0.1, 0.15) is 39.5 Å². The van der Waals surface area contributed by atoms with Gasteiger partial charge in [-0.3, -0.25) is 4.79 Å². The molecule has 2 aliphatic rings. The summed E-state index contributed by atoms with van der Waals surface area (Å²) >= 11 is 4.16. The van der Waals surface area contributed by atoms with Crippen LogP contribution >= 0.6 is 45.2 Å². The second kappa shape index (κ2) is 6.67. The van der Waals surface area contributed by atoms with Gasteiger partial charge in [-0.15, -0.1) is 0 Å². The number of nitrogens with one attached hydrogen (secondary N) is 1. The predicted molar refractivity (Wildman–Crippen MR) is 99.7 cm³/mol. The standard InChI is InChI=1S/C14H20I2N4O2/c1-10(2)18-12(22)20-8-4-6-14(20,16)11(21)19-7-3-5-13(19,15)9-17/h10H,3-8H2,1-2H3,(H,18,22)/t13-,14-/m1/s1. The molecule has 1 N–H and O–H groups in total. The Morgan fingerprint density at radius 3 is 2.36 bits per heavy atom. The molecule has 3 amide bonds. The van der Waals surface area contributed by atoms with Gasteiger partial charge in [-0.2, -0.15) is 5.26 Å². The first-order chi connectivity index (χ1) is 10.2. The van der Waals surface area contributed by atoms with Crippen molar-refractivity contribution in [2.45, 2.75) is 52.7 Å². The molecule has 2 saturated heterocycles. The highest BCUT2D eigenvalue weighted by Gasteiger charge is 2.54. The number of likely N-dealkylation sites (tertiary alicyclic amines) is 2. The van der Waals surface area contributed by atoms with Gasteiger partial charge in [0.15, 0.2) is 7.09 Å². The van der Waals surface area contributed by atoms with Gasteiger partial charge in [-0.25, -0.2) is 4.79 Å². The van der Waals surface area contributed by atoms with E-state index in [1.807, 2.05) is 13.8 Å². The number of alkyl halides is 2. The second-order valence-electron chi connectivity index (χ2n) is 6.05. The molecule has 2 rings (SSSR count). The number of hydrogen-bond acceptors (Lipinski definition) is 3. The Morgan fingerprint density at radius 1 is 1.18 bits per heavy atom. The molecule has 0 aromatic heterocycles. The summed E-state index contributed by atoms with van der Waals surface area (Å²) in [6.45, 7) is 4.95. The number of nitriles is 1. The highest BCUT2D eigenvalue weighted by Crippen LogP contribution is 2.43. The zero-order valence-corrected chi connectivity index (χ0v) is 17.0. The van der Waals surface area contributed by atoms with Crippen molar-refractivity contribution in [2.75, 3.05) is 13.1 Å². The van der Waals surface area contributed by atoms with Crippen LogP contribution in [0.4, 0.5) is 4.79 Å². The molecular formula is C14H20I2N4O2. The number of urea groups is 1. The SMILES string of the molecule is CC(C)NC(=O)N1CCC[C@]1(I)C(=O)N1CCC[C@]1(I)C#N. The molecule has 0 bridgehead atoms. The number of nitrogens with zero attached hydrogens (tertiary/aromatic N) is 3. The number of carbonyl (C=O) groups is 2. The summed E-state index contributed by atoms with van der Waals surface area (Å²) < 4.78 is -1.66. The Balaban J connectivity index is 2.23. The van der Waals surface area contributed by atoms with E-state index in [1.54, 1.807) is 9.80 Å². The summed E-state index contributed by atoms with van der Waals surface area (Å²) in [4.78, 5) is 28.8. The van der Waals surface area contributed by atoms with Crippen LogP contribution in [0.25, 0.3) is 0 Å². The highest BCUT2D eigenvalue weighted by molar-refractivity contribution is 14.1. The molecule has 0 aliphatic carbocycles. The van der Waals surface area contributed by atoms with Crippen molar-refractivity contribution in [3.05, 3.63) is 0 Å². The normalized spacial score (nSPS) is 31.5. The third-order valence-electron chi connectivity index (χ3n) is 4.04. The van der Waals surface area contributed by atoms with Crippen LogP contribution in [0, 0.1) is 11.3 Å². The quantitative estimate of drug-likeness (QED) is 0.339. The first kappa shape index (κ1) is 18.0. The van der Waals surface area contributed by atoms with Crippen LogP contribution in [0.15, 0.2) is 0 Å². The first-order valence-corrected chi connectivity index (χ1v) is 9.59. The van der Waals surface area contributed by atoms with Crippen molar-refractivity contribution in [3.8, 4) is 6.07 Å². The molecule has 6 nitrogen and oxygen atoms in total. The van der Waals surface area contributed by atoms with Crippen molar-refractivity contribution < 1.29 is 9.59 Å². The molecule has 2 fully saturated rings. The molecule has 0 radical (unpaired) electrons. The molecule has 122 valence electrons. The zero-order valence-electron chi connectivity index (χ0n) is 12.7. The van der Waals surface area contributed by atoms with Crippen molar-refractivity contribution >= 4 is 57.1 Å². The van der Waals surface area contributed by atoms with E-state index in [0.29, 0.717) is 25.9 Å². The van der Waals surface area contributed by atoms with Crippen molar-refractivity contribution in [3.63, 3.8) is 0 Å². The minimum atomic E-state index is -0.881. The van der Waals surface area contributed by atoms with Gasteiger partial charge in [0.2, 0.25) is 0 Å². The fourth-order valence-electron chi connectivity index (χ4n) is 2.96. The van der Waals surface area contributed by atoms with E-state index in [2.05, 4.69) is 56.6 Å². The fraction of sp³-hybridized carbons (Fsp3) is 0.786. The molecule has 0 aromatic rings. The van der Waals surface area contributed by atoms with E-state index in [9.17, 15) is 14.9 Å². The summed E-state index contributed by atoms with van der Waals surface area (Å²) in [7, 11) is 0. The Hall–Kier alpha value is -0.310. The third kappa shape index (κ3) is 3.16. The van der Waals surface area contributed by atoms with Crippen LogP contribution in [0.3, 0.4) is 0 Å². The number of amides is 3. The number of carbonyl (C=O) groups excluding carboxylic acids is 2. The Kier molecular flexibility index (Phi) is 5.46. The van der Waals surface area contributed by atoms with Gasteiger partial charge < -0.3 is 15.1 Å². The summed E-state index contributed by atoms with van der Waals surface area (Å²) in [5.74, 6) is -0.113. The van der Waals surface area contributed by atoms with Crippen LogP contribution < -0.4 is 5.32 Å². The molecule has 0 aromatic carbocycles. The lowest BCUT2D eigenvalue weighted by molar-refractivity contribution is -0.136. The largest absolute Gasteiger partial charge is 0.336 e. The minimum absolute atomic E-state index is 0.0263. The lowest BCUT2D eigenvalue weighted by Crippen LogP contribution is -2.59. The maximum Gasteiger partial charge on any atom is 0.319 e. The number of rotatable bonds is 2.